The van der Waals surface area contributed by atoms with E-state index in [1.165, 1.54) is 4.90 Å². The molecule has 1 amide bonds. The Hall–Kier alpha value is -2.73. The minimum Gasteiger partial charge on any atom is -0.487 e. The summed E-state index contributed by atoms with van der Waals surface area (Å²) in [6.07, 6.45) is 0.982. The number of carbonyl (C=O) groups is 2. The molecule has 0 spiro atoms. The van der Waals surface area contributed by atoms with Gasteiger partial charge in [0, 0.05) is 36.5 Å². The average Bonchev–Trinajstić information content (AvgIpc) is 3.15. The third-order valence-corrected chi connectivity index (χ3v) is 7.25. The van der Waals surface area contributed by atoms with Crippen LogP contribution in [-0.4, -0.2) is 34.0 Å². The van der Waals surface area contributed by atoms with Gasteiger partial charge in [-0.1, -0.05) is 65.1 Å². The number of ether oxygens (including phenoxy) is 1. The van der Waals surface area contributed by atoms with E-state index < -0.39 is 11.6 Å². The Balaban J connectivity index is 1.55. The maximum absolute atomic E-state index is 13.4. The van der Waals surface area contributed by atoms with Crippen molar-refractivity contribution in [3.63, 3.8) is 0 Å². The molecule has 0 aliphatic carbocycles. The fourth-order valence-electron chi connectivity index (χ4n) is 4.34. The second-order valence-corrected chi connectivity index (χ2v) is 10.1. The molecule has 1 N–H and O–H groups in total. The Morgan fingerprint density at radius 3 is 2.46 bits per heavy atom. The highest BCUT2D eigenvalue weighted by atomic mass is 35.5. The highest BCUT2D eigenvalue weighted by Crippen LogP contribution is 2.39. The highest BCUT2D eigenvalue weighted by Gasteiger charge is 2.36. The molecular formula is C27H24Cl3NO4. The smallest absolute Gasteiger partial charge is 0.305 e. The Bertz CT molecular complexity index is 1280. The van der Waals surface area contributed by atoms with Crippen molar-refractivity contribution in [2.45, 2.75) is 38.3 Å². The van der Waals surface area contributed by atoms with Crippen molar-refractivity contribution >= 4 is 46.7 Å². The predicted molar refractivity (Wildman–Crippen MR) is 138 cm³/mol. The van der Waals surface area contributed by atoms with Gasteiger partial charge in [0.1, 0.15) is 11.4 Å². The average molecular weight is 533 g/mol. The quantitative estimate of drug-likeness (QED) is 0.350. The van der Waals surface area contributed by atoms with Crippen LogP contribution in [0.3, 0.4) is 0 Å². The van der Waals surface area contributed by atoms with E-state index >= 15 is 0 Å². The van der Waals surface area contributed by atoms with Crippen molar-refractivity contribution < 1.29 is 19.4 Å². The molecule has 0 unspecified atom stereocenters. The van der Waals surface area contributed by atoms with E-state index in [2.05, 4.69) is 0 Å². The third kappa shape index (κ3) is 5.92. The van der Waals surface area contributed by atoms with Gasteiger partial charge in [0.05, 0.1) is 16.5 Å². The van der Waals surface area contributed by atoms with Crippen molar-refractivity contribution in [1.82, 2.24) is 4.90 Å². The van der Waals surface area contributed by atoms with E-state index in [0.717, 1.165) is 16.7 Å². The van der Waals surface area contributed by atoms with Crippen LogP contribution in [0.15, 0.2) is 60.7 Å². The van der Waals surface area contributed by atoms with Crippen LogP contribution in [0.25, 0.3) is 0 Å². The summed E-state index contributed by atoms with van der Waals surface area (Å²) in [7, 11) is 0. The number of hydrogen-bond acceptors (Lipinski definition) is 3. The van der Waals surface area contributed by atoms with Crippen LogP contribution in [-0.2, 0) is 24.2 Å². The Kier molecular flexibility index (Phi) is 7.60. The summed E-state index contributed by atoms with van der Waals surface area (Å²) in [6.45, 7) is 2.28. The fraction of sp³-hybridized carbons (Fsp3) is 0.259. The SMILES string of the molecule is C[C@]1(Cc2cccc(Cl)c2Cl)Cc2cc(C(=O)N(CCC(=O)O)Cc3ccccc3Cl)ccc2O1. The molecule has 4 rings (SSSR count). The van der Waals surface area contributed by atoms with Crippen LogP contribution < -0.4 is 4.74 Å². The molecular weight excluding hydrogens is 509 g/mol. The van der Waals surface area contributed by atoms with Crippen LogP contribution in [0.2, 0.25) is 15.1 Å². The molecule has 0 radical (unpaired) electrons. The topological polar surface area (TPSA) is 66.8 Å². The van der Waals surface area contributed by atoms with E-state index in [0.29, 0.717) is 39.2 Å². The number of halogens is 3. The summed E-state index contributed by atoms with van der Waals surface area (Å²) in [6, 6.07) is 18.1. The zero-order valence-electron chi connectivity index (χ0n) is 19.1. The first kappa shape index (κ1) is 25.4. The molecule has 1 heterocycles. The Morgan fingerprint density at radius 2 is 1.71 bits per heavy atom. The maximum atomic E-state index is 13.4. The summed E-state index contributed by atoms with van der Waals surface area (Å²) in [5.41, 5.74) is 2.48. The molecule has 1 atom stereocenters. The molecule has 0 fully saturated rings. The molecule has 35 heavy (non-hydrogen) atoms. The second kappa shape index (κ2) is 10.5. The van der Waals surface area contributed by atoms with Gasteiger partial charge in [-0.05, 0) is 53.9 Å². The number of aliphatic carboxylic acids is 1. The minimum absolute atomic E-state index is 0.0674. The van der Waals surface area contributed by atoms with Gasteiger partial charge in [0.15, 0.2) is 0 Å². The van der Waals surface area contributed by atoms with Crippen molar-refractivity contribution in [1.29, 1.82) is 0 Å². The lowest BCUT2D eigenvalue weighted by atomic mass is 9.91. The zero-order valence-corrected chi connectivity index (χ0v) is 21.3. The van der Waals surface area contributed by atoms with Gasteiger partial charge in [0.2, 0.25) is 0 Å². The largest absolute Gasteiger partial charge is 0.487 e. The molecule has 0 aromatic heterocycles. The lowest BCUT2D eigenvalue weighted by Gasteiger charge is -2.24. The first-order chi connectivity index (χ1) is 16.6. The van der Waals surface area contributed by atoms with Gasteiger partial charge in [0.25, 0.3) is 5.91 Å². The minimum atomic E-state index is -0.972. The summed E-state index contributed by atoms with van der Waals surface area (Å²) >= 11 is 18.8. The number of carboxylic acid groups (broad SMARTS) is 1. The van der Waals surface area contributed by atoms with Crippen molar-refractivity contribution in [3.8, 4) is 5.75 Å². The number of amides is 1. The van der Waals surface area contributed by atoms with E-state index in [4.69, 9.17) is 39.5 Å². The molecule has 1 aliphatic rings. The summed E-state index contributed by atoms with van der Waals surface area (Å²) < 4.78 is 6.26. The molecule has 1 aliphatic heterocycles. The number of benzene rings is 3. The van der Waals surface area contributed by atoms with Crippen molar-refractivity contribution in [3.05, 3.63) is 98.0 Å². The van der Waals surface area contributed by atoms with Gasteiger partial charge in [-0.25, -0.2) is 0 Å². The van der Waals surface area contributed by atoms with Gasteiger partial charge >= 0.3 is 5.97 Å². The lowest BCUT2D eigenvalue weighted by Crippen LogP contribution is -2.33. The number of nitrogens with zero attached hydrogens (tertiary/aromatic N) is 1. The lowest BCUT2D eigenvalue weighted by molar-refractivity contribution is -0.137. The zero-order chi connectivity index (χ0) is 25.2. The third-order valence-electron chi connectivity index (χ3n) is 6.03. The molecule has 0 bridgehead atoms. The maximum Gasteiger partial charge on any atom is 0.305 e. The highest BCUT2D eigenvalue weighted by molar-refractivity contribution is 6.42. The molecule has 3 aromatic carbocycles. The van der Waals surface area contributed by atoms with Gasteiger partial charge in [-0.2, -0.15) is 0 Å². The van der Waals surface area contributed by atoms with Crippen molar-refractivity contribution in [2.24, 2.45) is 0 Å². The van der Waals surface area contributed by atoms with Gasteiger partial charge in [-0.3, -0.25) is 9.59 Å². The number of carbonyl (C=O) groups excluding carboxylic acids is 1. The van der Waals surface area contributed by atoms with Crippen LogP contribution >= 0.6 is 34.8 Å². The second-order valence-electron chi connectivity index (χ2n) is 8.90. The van der Waals surface area contributed by atoms with Gasteiger partial charge < -0.3 is 14.7 Å². The molecule has 5 nitrogen and oxygen atoms in total. The predicted octanol–water partition coefficient (Wildman–Crippen LogP) is 6.70. The van der Waals surface area contributed by atoms with E-state index in [1.54, 1.807) is 24.3 Å². The number of rotatable bonds is 8. The first-order valence-electron chi connectivity index (χ1n) is 11.1. The molecule has 0 saturated heterocycles. The fourth-order valence-corrected chi connectivity index (χ4v) is 4.92. The summed E-state index contributed by atoms with van der Waals surface area (Å²) in [5, 5.41) is 10.7. The molecule has 0 saturated carbocycles. The summed E-state index contributed by atoms with van der Waals surface area (Å²) in [5.74, 6) is -0.523. The Labute approximate surface area is 219 Å². The van der Waals surface area contributed by atoms with Crippen LogP contribution in [0.1, 0.15) is 40.4 Å². The molecule has 8 heteroatoms. The van der Waals surface area contributed by atoms with E-state index in [1.807, 2.05) is 43.3 Å². The normalized spacial score (nSPS) is 16.5. The van der Waals surface area contributed by atoms with Crippen molar-refractivity contribution in [2.75, 3.05) is 6.54 Å². The van der Waals surface area contributed by atoms with Crippen LogP contribution in [0, 0.1) is 0 Å². The molecule has 3 aromatic rings. The van der Waals surface area contributed by atoms with Crippen LogP contribution in [0.4, 0.5) is 0 Å². The number of carboxylic acids is 1. The number of hydrogen-bond donors (Lipinski definition) is 1. The van der Waals surface area contributed by atoms with E-state index in [-0.39, 0.29) is 25.4 Å². The van der Waals surface area contributed by atoms with Crippen LogP contribution in [0.5, 0.6) is 5.75 Å². The molecule has 182 valence electrons. The summed E-state index contributed by atoms with van der Waals surface area (Å²) in [4.78, 5) is 26.1. The van der Waals surface area contributed by atoms with Gasteiger partial charge in [-0.15, -0.1) is 0 Å². The standard InChI is InChI=1S/C27H24Cl3NO4/c1-27(14-18-6-4-8-22(29)25(18)30)15-20-13-17(9-10-23(20)35-27)26(34)31(12-11-24(32)33)16-19-5-2-3-7-21(19)28/h2-10,13H,11-12,14-16H2,1H3,(H,32,33)/t27-/m0/s1. The monoisotopic (exact) mass is 531 g/mol. The van der Waals surface area contributed by atoms with E-state index in [9.17, 15) is 14.7 Å². The number of fused-ring (bicyclic) bond motifs is 1. The Morgan fingerprint density at radius 1 is 1.00 bits per heavy atom. The first-order valence-corrected chi connectivity index (χ1v) is 12.3.